The third-order valence-corrected chi connectivity index (χ3v) is 5.87. The van der Waals surface area contributed by atoms with E-state index >= 15 is 0 Å². The van der Waals surface area contributed by atoms with Gasteiger partial charge in [-0.05, 0) is 18.1 Å². The number of primary amides is 1. The van der Waals surface area contributed by atoms with E-state index in [0.717, 1.165) is 17.7 Å². The number of benzene rings is 1. The van der Waals surface area contributed by atoms with Crippen molar-refractivity contribution in [1.82, 2.24) is 9.97 Å². The fourth-order valence-corrected chi connectivity index (χ4v) is 3.96. The summed E-state index contributed by atoms with van der Waals surface area (Å²) in [5.41, 5.74) is 8.74. The summed E-state index contributed by atoms with van der Waals surface area (Å²) in [6.07, 6.45) is 3.83. The molecule has 0 saturated carbocycles. The van der Waals surface area contributed by atoms with Crippen LogP contribution in [-0.4, -0.2) is 26.3 Å². The van der Waals surface area contributed by atoms with E-state index in [2.05, 4.69) is 22.2 Å². The molecule has 3 N–H and O–H groups in total. The predicted octanol–water partition coefficient (Wildman–Crippen LogP) is 2.83. The van der Waals surface area contributed by atoms with Gasteiger partial charge >= 0.3 is 0 Å². The smallest absolute Gasteiger partial charge is 0.252 e. The molecule has 6 nitrogen and oxygen atoms in total. The van der Waals surface area contributed by atoms with E-state index in [4.69, 9.17) is 5.73 Å². The van der Waals surface area contributed by atoms with Gasteiger partial charge in [0.15, 0.2) is 4.34 Å². The molecule has 124 valence electrons. The van der Waals surface area contributed by atoms with E-state index < -0.39 is 16.7 Å². The molecular formula is C16H16N4O2S2. The van der Waals surface area contributed by atoms with E-state index in [-0.39, 0.29) is 5.56 Å². The monoisotopic (exact) mass is 360 g/mol. The number of amides is 1. The van der Waals surface area contributed by atoms with Crippen LogP contribution >= 0.6 is 11.3 Å². The number of aromatic nitrogens is 2. The van der Waals surface area contributed by atoms with Crippen LogP contribution in [0.2, 0.25) is 0 Å². The average molecular weight is 360 g/mol. The molecule has 0 aliphatic rings. The normalized spacial score (nSPS) is 12.2. The first-order chi connectivity index (χ1) is 11.5. The number of anilines is 2. The first-order valence-electron chi connectivity index (χ1n) is 7.29. The second-order valence-corrected chi connectivity index (χ2v) is 7.67. The van der Waals surface area contributed by atoms with Crippen molar-refractivity contribution in [2.24, 2.45) is 5.73 Å². The third kappa shape index (κ3) is 3.02. The van der Waals surface area contributed by atoms with Crippen molar-refractivity contribution in [1.29, 1.82) is 0 Å². The number of fused-ring (bicyclic) bond motifs is 1. The Bertz CT molecular complexity index is 952. The Kier molecular flexibility index (Phi) is 4.59. The second kappa shape index (κ2) is 6.66. The lowest BCUT2D eigenvalue weighted by atomic mass is 10.1. The van der Waals surface area contributed by atoms with Gasteiger partial charge in [-0.1, -0.05) is 36.5 Å². The predicted molar refractivity (Wildman–Crippen MR) is 97.4 cm³/mol. The minimum atomic E-state index is -1.22. The van der Waals surface area contributed by atoms with Gasteiger partial charge in [-0.15, -0.1) is 0 Å². The number of aryl methyl sites for hydroxylation is 1. The molecule has 24 heavy (non-hydrogen) atoms. The molecule has 0 saturated heterocycles. The fraction of sp³-hybridized carbons (Fsp3) is 0.188. The topological polar surface area (TPSA) is 98.0 Å². The molecule has 1 atom stereocenters. The van der Waals surface area contributed by atoms with Crippen LogP contribution in [0, 0.1) is 0 Å². The zero-order valence-corrected chi connectivity index (χ0v) is 14.8. The Balaban J connectivity index is 2.21. The SMILES string of the molecule is CCc1ccccc1Nc1c(C(N)=O)cnc2sc(S(C)=O)nc12. The Hall–Kier alpha value is -2.32. The lowest BCUT2D eigenvalue weighted by Gasteiger charge is -2.13. The molecule has 3 rings (SSSR count). The number of nitrogens with two attached hydrogens (primary N) is 1. The molecule has 1 aromatic carbocycles. The minimum absolute atomic E-state index is 0.257. The van der Waals surface area contributed by atoms with Crippen molar-refractivity contribution in [2.75, 3.05) is 11.6 Å². The van der Waals surface area contributed by atoms with E-state index in [1.165, 1.54) is 17.5 Å². The fourth-order valence-electron chi connectivity index (χ4n) is 2.38. The molecular weight excluding hydrogens is 344 g/mol. The minimum Gasteiger partial charge on any atom is -0.365 e. The number of thiazole rings is 1. The number of rotatable bonds is 5. The number of hydrogen-bond donors (Lipinski definition) is 2. The first kappa shape index (κ1) is 16.5. The van der Waals surface area contributed by atoms with E-state index in [1.54, 1.807) is 6.26 Å². The Morgan fingerprint density at radius 2 is 2.12 bits per heavy atom. The average Bonchev–Trinajstić information content (AvgIpc) is 3.00. The van der Waals surface area contributed by atoms with Crippen LogP contribution in [0.5, 0.6) is 0 Å². The quantitative estimate of drug-likeness (QED) is 0.729. The summed E-state index contributed by atoms with van der Waals surface area (Å²) < 4.78 is 12.2. The zero-order valence-electron chi connectivity index (χ0n) is 13.2. The van der Waals surface area contributed by atoms with Crippen molar-refractivity contribution < 1.29 is 9.00 Å². The molecule has 0 aliphatic heterocycles. The number of nitrogens with zero attached hydrogens (tertiary/aromatic N) is 2. The molecule has 8 heteroatoms. The number of nitrogens with one attached hydrogen (secondary N) is 1. The van der Waals surface area contributed by atoms with Crippen molar-refractivity contribution in [3.8, 4) is 0 Å². The van der Waals surface area contributed by atoms with Gasteiger partial charge in [0.1, 0.15) is 10.3 Å². The number of carbonyl (C=O) groups excluding carboxylic acids is 1. The van der Waals surface area contributed by atoms with Gasteiger partial charge in [0.2, 0.25) is 0 Å². The van der Waals surface area contributed by atoms with Crippen molar-refractivity contribution >= 4 is 49.8 Å². The van der Waals surface area contributed by atoms with Crippen LogP contribution in [0.4, 0.5) is 11.4 Å². The molecule has 0 fully saturated rings. The summed E-state index contributed by atoms with van der Waals surface area (Å²) in [6, 6.07) is 7.82. The molecule has 0 radical (unpaired) electrons. The molecule has 0 bridgehead atoms. The Morgan fingerprint density at radius 1 is 1.38 bits per heavy atom. The van der Waals surface area contributed by atoms with Gasteiger partial charge < -0.3 is 11.1 Å². The summed E-state index contributed by atoms with van der Waals surface area (Å²) in [6.45, 7) is 2.05. The maximum Gasteiger partial charge on any atom is 0.252 e. The van der Waals surface area contributed by atoms with E-state index in [0.29, 0.717) is 20.4 Å². The highest BCUT2D eigenvalue weighted by molar-refractivity contribution is 7.86. The van der Waals surface area contributed by atoms with Crippen molar-refractivity contribution in [3.05, 3.63) is 41.6 Å². The summed E-state index contributed by atoms with van der Waals surface area (Å²) in [5.74, 6) is -0.590. The number of para-hydroxylation sites is 1. The molecule has 0 spiro atoms. The number of hydrogen-bond acceptors (Lipinski definition) is 6. The standard InChI is InChI=1S/C16H16N4O2S2/c1-3-9-6-4-5-7-11(9)19-12-10(14(17)21)8-18-15-13(12)20-16(23-15)24(2)22/h4-8H,3H2,1-2H3,(H2,17,21)(H,18,19). The van der Waals surface area contributed by atoms with Gasteiger partial charge in [0, 0.05) is 18.1 Å². The first-order valence-corrected chi connectivity index (χ1v) is 9.66. The molecule has 1 unspecified atom stereocenters. The van der Waals surface area contributed by atoms with Gasteiger partial charge in [0.25, 0.3) is 5.91 Å². The van der Waals surface area contributed by atoms with E-state index in [1.807, 2.05) is 24.3 Å². The van der Waals surface area contributed by atoms with Gasteiger partial charge in [-0.2, -0.15) is 0 Å². The highest BCUT2D eigenvalue weighted by Crippen LogP contribution is 2.33. The van der Waals surface area contributed by atoms with Crippen molar-refractivity contribution in [2.45, 2.75) is 17.7 Å². The van der Waals surface area contributed by atoms with Crippen molar-refractivity contribution in [3.63, 3.8) is 0 Å². The maximum atomic E-state index is 11.8. The van der Waals surface area contributed by atoms with Crippen LogP contribution < -0.4 is 11.1 Å². The van der Waals surface area contributed by atoms with Gasteiger partial charge in [0.05, 0.1) is 22.1 Å². The largest absolute Gasteiger partial charge is 0.365 e. The van der Waals surface area contributed by atoms with Gasteiger partial charge in [-0.3, -0.25) is 9.00 Å². The van der Waals surface area contributed by atoms with Crippen LogP contribution in [-0.2, 0) is 17.2 Å². The molecule has 0 aliphatic carbocycles. The van der Waals surface area contributed by atoms with Crippen LogP contribution in [0.25, 0.3) is 10.3 Å². The highest BCUT2D eigenvalue weighted by atomic mass is 32.2. The lowest BCUT2D eigenvalue weighted by Crippen LogP contribution is -2.14. The summed E-state index contributed by atoms with van der Waals surface area (Å²) >= 11 is 1.25. The molecule has 3 aromatic rings. The third-order valence-electron chi connectivity index (χ3n) is 3.58. The van der Waals surface area contributed by atoms with Crippen LogP contribution in [0.15, 0.2) is 34.8 Å². The summed E-state index contributed by atoms with van der Waals surface area (Å²) in [7, 11) is -1.22. The van der Waals surface area contributed by atoms with Crippen LogP contribution in [0.3, 0.4) is 0 Å². The number of pyridine rings is 1. The Labute approximate surface area is 145 Å². The highest BCUT2D eigenvalue weighted by Gasteiger charge is 2.19. The molecule has 1 amide bonds. The lowest BCUT2D eigenvalue weighted by molar-refractivity contribution is 0.100. The zero-order chi connectivity index (χ0) is 17.3. The van der Waals surface area contributed by atoms with Gasteiger partial charge in [-0.25, -0.2) is 9.97 Å². The van der Waals surface area contributed by atoms with Crippen LogP contribution in [0.1, 0.15) is 22.8 Å². The summed E-state index contributed by atoms with van der Waals surface area (Å²) in [4.78, 5) is 21.0. The summed E-state index contributed by atoms with van der Waals surface area (Å²) in [5, 5.41) is 3.27. The Morgan fingerprint density at radius 3 is 2.79 bits per heavy atom. The second-order valence-electron chi connectivity index (χ2n) is 5.13. The van der Waals surface area contributed by atoms with E-state index in [9.17, 15) is 9.00 Å². The molecule has 2 heterocycles. The maximum absolute atomic E-state index is 11.8. The molecule has 2 aromatic heterocycles. The number of carbonyl (C=O) groups is 1.